The normalized spacial score (nSPS) is 24.4. The van der Waals surface area contributed by atoms with Crippen molar-refractivity contribution < 1.29 is 0 Å². The molecule has 0 spiro atoms. The van der Waals surface area contributed by atoms with Crippen molar-refractivity contribution >= 4 is 26.7 Å². The first-order chi connectivity index (χ1) is 10.8. The monoisotopic (exact) mass is 316 g/mol. The molecular weight excluding hydrogens is 292 g/mol. The summed E-state index contributed by atoms with van der Waals surface area (Å²) in [5.74, 6) is 0. The van der Waals surface area contributed by atoms with Crippen LogP contribution in [0.5, 0.6) is 0 Å². The zero-order chi connectivity index (χ0) is 14.9. The number of para-hydroxylation sites is 1. The minimum atomic E-state index is 0.714. The Kier molecular flexibility index (Phi) is 4.03. The first-order valence-electron chi connectivity index (χ1n) is 8.40. The quantitative estimate of drug-likeness (QED) is 0.868. The molecule has 0 saturated carbocycles. The summed E-state index contributed by atoms with van der Waals surface area (Å²) in [5, 5.41) is 1.20. The van der Waals surface area contributed by atoms with Gasteiger partial charge in [-0.05, 0) is 25.1 Å². The van der Waals surface area contributed by atoms with E-state index in [4.69, 9.17) is 4.98 Å². The van der Waals surface area contributed by atoms with Crippen molar-refractivity contribution in [1.82, 2.24) is 14.8 Å². The number of nitrogens with zero attached hydrogens (tertiary/aromatic N) is 4. The summed E-state index contributed by atoms with van der Waals surface area (Å²) in [6.07, 6.45) is 1.28. The van der Waals surface area contributed by atoms with Gasteiger partial charge in [-0.1, -0.05) is 30.4 Å². The van der Waals surface area contributed by atoms with Crippen LogP contribution in [0.3, 0.4) is 0 Å². The molecule has 2 fully saturated rings. The molecule has 3 heterocycles. The first-order valence-corrected chi connectivity index (χ1v) is 9.22. The summed E-state index contributed by atoms with van der Waals surface area (Å²) in [6.45, 7) is 10.7. The zero-order valence-electron chi connectivity index (χ0n) is 13.2. The molecule has 22 heavy (non-hydrogen) atoms. The van der Waals surface area contributed by atoms with E-state index in [-0.39, 0.29) is 0 Å². The van der Waals surface area contributed by atoms with Gasteiger partial charge in [0.25, 0.3) is 0 Å². The van der Waals surface area contributed by atoms with Crippen molar-refractivity contribution in [3.05, 3.63) is 24.3 Å². The van der Waals surface area contributed by atoms with Crippen LogP contribution in [-0.2, 0) is 0 Å². The number of fused-ring (bicyclic) bond motifs is 1. The summed E-state index contributed by atoms with van der Waals surface area (Å²) >= 11 is 1.84. The summed E-state index contributed by atoms with van der Waals surface area (Å²) in [7, 11) is 0. The fraction of sp³-hybridized carbons (Fsp3) is 0.588. The minimum absolute atomic E-state index is 0.714. The number of anilines is 1. The topological polar surface area (TPSA) is 22.6 Å². The molecule has 1 atom stereocenters. The summed E-state index contributed by atoms with van der Waals surface area (Å²) in [5.41, 5.74) is 1.14. The van der Waals surface area contributed by atoms with Gasteiger partial charge in [-0.2, -0.15) is 0 Å². The Morgan fingerprint density at radius 2 is 1.95 bits per heavy atom. The van der Waals surface area contributed by atoms with Crippen molar-refractivity contribution in [1.29, 1.82) is 0 Å². The number of hydrogen-bond acceptors (Lipinski definition) is 5. The molecule has 0 bridgehead atoms. The van der Waals surface area contributed by atoms with Gasteiger partial charge in [0.1, 0.15) is 0 Å². The highest BCUT2D eigenvalue weighted by molar-refractivity contribution is 7.22. The third kappa shape index (κ3) is 2.73. The van der Waals surface area contributed by atoms with Gasteiger partial charge >= 0.3 is 0 Å². The molecule has 1 aromatic heterocycles. The molecular formula is C17H24N4S. The SMILES string of the molecule is CCN1CCN(C2CCN(c3nc4ccccc4s3)C2)CC1. The molecule has 4 rings (SSSR count). The van der Waals surface area contributed by atoms with Crippen molar-refractivity contribution in [2.45, 2.75) is 19.4 Å². The lowest BCUT2D eigenvalue weighted by Gasteiger charge is -2.37. The Morgan fingerprint density at radius 3 is 2.73 bits per heavy atom. The number of hydrogen-bond donors (Lipinski definition) is 0. The first kappa shape index (κ1) is 14.4. The maximum atomic E-state index is 4.82. The van der Waals surface area contributed by atoms with E-state index in [0.717, 1.165) is 18.6 Å². The number of thiazole rings is 1. The Bertz CT molecular complexity index is 599. The van der Waals surface area contributed by atoms with E-state index in [1.54, 1.807) is 0 Å². The maximum absolute atomic E-state index is 4.82. The highest BCUT2D eigenvalue weighted by Gasteiger charge is 2.30. The largest absolute Gasteiger partial charge is 0.346 e. The van der Waals surface area contributed by atoms with Gasteiger partial charge in [0, 0.05) is 45.3 Å². The van der Waals surface area contributed by atoms with Crippen LogP contribution in [0.1, 0.15) is 13.3 Å². The van der Waals surface area contributed by atoms with Crippen LogP contribution in [0.15, 0.2) is 24.3 Å². The Labute approximate surface area is 136 Å². The lowest BCUT2D eigenvalue weighted by Crippen LogP contribution is -2.50. The smallest absolute Gasteiger partial charge is 0.186 e. The molecule has 4 nitrogen and oxygen atoms in total. The predicted octanol–water partition coefficient (Wildman–Crippen LogP) is 2.51. The highest BCUT2D eigenvalue weighted by atomic mass is 32.1. The van der Waals surface area contributed by atoms with E-state index in [0.29, 0.717) is 6.04 Å². The van der Waals surface area contributed by atoms with Gasteiger partial charge in [0.15, 0.2) is 5.13 Å². The fourth-order valence-corrected chi connectivity index (χ4v) is 4.65. The van der Waals surface area contributed by atoms with Gasteiger partial charge < -0.3 is 9.80 Å². The maximum Gasteiger partial charge on any atom is 0.186 e. The second-order valence-corrected chi connectivity index (χ2v) is 7.33. The van der Waals surface area contributed by atoms with Gasteiger partial charge in [0.05, 0.1) is 10.2 Å². The van der Waals surface area contributed by atoms with Crippen molar-refractivity contribution in [3.8, 4) is 0 Å². The Balaban J connectivity index is 1.42. The van der Waals surface area contributed by atoms with Gasteiger partial charge in [-0.15, -0.1) is 0 Å². The van der Waals surface area contributed by atoms with E-state index < -0.39 is 0 Å². The average Bonchev–Trinajstić information content (AvgIpc) is 3.21. The van der Waals surface area contributed by atoms with Crippen LogP contribution >= 0.6 is 11.3 Å². The molecule has 0 aliphatic carbocycles. The molecule has 0 N–H and O–H groups in total. The second kappa shape index (κ2) is 6.14. The number of piperazine rings is 1. The third-order valence-corrected chi connectivity index (χ3v) is 6.18. The second-order valence-electron chi connectivity index (χ2n) is 6.32. The number of likely N-dealkylation sites (N-methyl/N-ethyl adjacent to an activating group) is 1. The zero-order valence-corrected chi connectivity index (χ0v) is 14.1. The lowest BCUT2D eigenvalue weighted by atomic mass is 10.2. The third-order valence-electron chi connectivity index (χ3n) is 5.09. The van der Waals surface area contributed by atoms with Crippen LogP contribution in [0.2, 0.25) is 0 Å². The van der Waals surface area contributed by atoms with Crippen molar-refractivity contribution in [3.63, 3.8) is 0 Å². The molecule has 5 heteroatoms. The minimum Gasteiger partial charge on any atom is -0.346 e. The standard InChI is InChI=1S/C17H24N4S/c1-2-19-9-11-20(12-10-19)14-7-8-21(13-14)17-18-15-5-3-4-6-16(15)22-17/h3-6,14H,2,7-13H2,1H3. The van der Waals surface area contributed by atoms with Crippen LogP contribution in [0.4, 0.5) is 5.13 Å². The van der Waals surface area contributed by atoms with Gasteiger partial charge in [-0.25, -0.2) is 4.98 Å². The molecule has 0 radical (unpaired) electrons. The molecule has 2 aliphatic heterocycles. The molecule has 0 amide bonds. The lowest BCUT2D eigenvalue weighted by molar-refractivity contribution is 0.107. The van der Waals surface area contributed by atoms with E-state index in [1.165, 1.54) is 49.0 Å². The molecule has 2 aromatic rings. The Hall–Kier alpha value is -1.17. The van der Waals surface area contributed by atoms with Gasteiger partial charge in [0.2, 0.25) is 0 Å². The number of benzene rings is 1. The molecule has 2 aliphatic rings. The highest BCUT2D eigenvalue weighted by Crippen LogP contribution is 2.31. The van der Waals surface area contributed by atoms with Crippen molar-refractivity contribution in [2.24, 2.45) is 0 Å². The van der Waals surface area contributed by atoms with E-state index in [1.807, 2.05) is 11.3 Å². The molecule has 118 valence electrons. The summed E-state index contributed by atoms with van der Waals surface area (Å²) < 4.78 is 1.30. The summed E-state index contributed by atoms with van der Waals surface area (Å²) in [4.78, 5) is 12.6. The fourth-order valence-electron chi connectivity index (χ4n) is 3.65. The predicted molar refractivity (Wildman–Crippen MR) is 93.9 cm³/mol. The Morgan fingerprint density at radius 1 is 1.14 bits per heavy atom. The van der Waals surface area contributed by atoms with Crippen LogP contribution < -0.4 is 4.90 Å². The summed E-state index contributed by atoms with van der Waals surface area (Å²) in [6, 6.07) is 9.18. The number of aromatic nitrogens is 1. The van der Waals surface area contributed by atoms with E-state index in [2.05, 4.69) is 45.9 Å². The van der Waals surface area contributed by atoms with Crippen LogP contribution in [0.25, 0.3) is 10.2 Å². The average molecular weight is 316 g/mol. The number of rotatable bonds is 3. The van der Waals surface area contributed by atoms with Crippen molar-refractivity contribution in [2.75, 3.05) is 50.7 Å². The van der Waals surface area contributed by atoms with Gasteiger partial charge in [-0.3, -0.25) is 4.90 Å². The van der Waals surface area contributed by atoms with Crippen LogP contribution in [-0.4, -0.2) is 66.6 Å². The van der Waals surface area contributed by atoms with E-state index in [9.17, 15) is 0 Å². The molecule has 2 saturated heterocycles. The molecule has 1 aromatic carbocycles. The van der Waals surface area contributed by atoms with Crippen LogP contribution in [0, 0.1) is 0 Å². The van der Waals surface area contributed by atoms with E-state index >= 15 is 0 Å². The molecule has 1 unspecified atom stereocenters.